The van der Waals surface area contributed by atoms with Crippen LogP contribution >= 0.6 is 23.2 Å². The van der Waals surface area contributed by atoms with Gasteiger partial charge in [-0.3, -0.25) is 24.1 Å². The van der Waals surface area contributed by atoms with Gasteiger partial charge in [-0.1, -0.05) is 48.0 Å². The topological polar surface area (TPSA) is 107 Å². The van der Waals surface area contributed by atoms with Crippen LogP contribution in [0.1, 0.15) is 24.3 Å². The van der Waals surface area contributed by atoms with Gasteiger partial charge >= 0.3 is 0 Å². The summed E-state index contributed by atoms with van der Waals surface area (Å²) in [6, 6.07) is 22.8. The number of alkyl halides is 2. The number of imide groups is 2. The third kappa shape index (κ3) is 4.50. The molecular formula is C40H32Cl2FN3O6. The van der Waals surface area contributed by atoms with Crippen LogP contribution in [-0.2, 0) is 23.9 Å². The number of carbonyl (C=O) groups is 4. The SMILES string of the molecule is O=C1C2CC=C3C(CC4(Cl)C(=O)N(c5ccc(F)cc5)C(=O)C4(Cl)C3c3ccc4ccccc4c3O)C2C(=O)N1c1ccc(N2CCOCC2)cc1. The molecule has 0 aromatic heterocycles. The Labute approximate surface area is 308 Å². The Morgan fingerprint density at radius 3 is 2.13 bits per heavy atom. The number of amides is 4. The summed E-state index contributed by atoms with van der Waals surface area (Å²) in [6.45, 7) is 2.70. The molecule has 264 valence electrons. The van der Waals surface area contributed by atoms with Crippen molar-refractivity contribution in [3.63, 3.8) is 0 Å². The second-order valence-electron chi connectivity index (χ2n) is 14.1. The van der Waals surface area contributed by atoms with Crippen molar-refractivity contribution in [2.75, 3.05) is 41.0 Å². The summed E-state index contributed by atoms with van der Waals surface area (Å²) in [5, 5.41) is 13.1. The highest BCUT2D eigenvalue weighted by Gasteiger charge is 2.77. The number of hydrogen-bond donors (Lipinski definition) is 1. The minimum atomic E-state index is -2.16. The third-order valence-corrected chi connectivity index (χ3v) is 13.0. The highest BCUT2D eigenvalue weighted by molar-refractivity contribution is 6.58. The Kier molecular flexibility index (Phi) is 7.56. The fraction of sp³-hybridized carbons (Fsp3) is 0.300. The van der Waals surface area contributed by atoms with Crippen molar-refractivity contribution in [2.24, 2.45) is 17.8 Å². The van der Waals surface area contributed by atoms with Crippen LogP contribution in [-0.4, -0.2) is 64.8 Å². The van der Waals surface area contributed by atoms with Crippen LogP contribution in [0.2, 0.25) is 0 Å². The minimum Gasteiger partial charge on any atom is -0.507 e. The monoisotopic (exact) mass is 739 g/mol. The van der Waals surface area contributed by atoms with Crippen LogP contribution in [0.15, 0.2) is 96.6 Å². The number of fused-ring (bicyclic) bond motifs is 5. The van der Waals surface area contributed by atoms with Crippen LogP contribution in [0.4, 0.5) is 21.5 Å². The van der Waals surface area contributed by atoms with Gasteiger partial charge in [-0.2, -0.15) is 0 Å². The van der Waals surface area contributed by atoms with E-state index in [0.29, 0.717) is 29.9 Å². The fourth-order valence-electron chi connectivity index (χ4n) is 9.14. The van der Waals surface area contributed by atoms with Crippen molar-refractivity contribution < 1.29 is 33.4 Å². The van der Waals surface area contributed by atoms with Gasteiger partial charge in [-0.05, 0) is 72.7 Å². The smallest absolute Gasteiger partial charge is 0.258 e. The Bertz CT molecular complexity index is 2220. The number of aromatic hydroxyl groups is 1. The molecule has 12 heteroatoms. The molecule has 3 aliphatic heterocycles. The summed E-state index contributed by atoms with van der Waals surface area (Å²) in [4.78, 5) is 57.9. The van der Waals surface area contributed by atoms with E-state index in [1.165, 1.54) is 17.0 Å². The van der Waals surface area contributed by atoms with Gasteiger partial charge in [0.15, 0.2) is 9.75 Å². The maximum atomic E-state index is 14.7. The molecule has 4 aromatic rings. The molecule has 52 heavy (non-hydrogen) atoms. The van der Waals surface area contributed by atoms with Crippen molar-refractivity contribution in [2.45, 2.75) is 28.5 Å². The molecule has 6 atom stereocenters. The Hall–Kier alpha value is -4.77. The number of ether oxygens (including phenoxy) is 1. The maximum absolute atomic E-state index is 14.7. The Balaban J connectivity index is 1.16. The second kappa shape index (κ2) is 11.9. The van der Waals surface area contributed by atoms with E-state index in [1.807, 2.05) is 30.3 Å². The summed E-state index contributed by atoms with van der Waals surface area (Å²) in [6.07, 6.45) is 1.79. The second-order valence-corrected chi connectivity index (χ2v) is 15.3. The van der Waals surface area contributed by atoms with Gasteiger partial charge in [0.05, 0.1) is 36.4 Å². The highest BCUT2D eigenvalue weighted by Crippen LogP contribution is 2.66. The first-order valence-corrected chi connectivity index (χ1v) is 18.0. The molecule has 5 aliphatic rings. The van der Waals surface area contributed by atoms with Crippen LogP contribution in [0.3, 0.4) is 0 Å². The van der Waals surface area contributed by atoms with E-state index in [2.05, 4.69) is 4.90 Å². The average molecular weight is 741 g/mol. The number of morpholine rings is 1. The quantitative estimate of drug-likeness (QED) is 0.149. The van der Waals surface area contributed by atoms with E-state index in [0.717, 1.165) is 41.2 Å². The normalized spacial score (nSPS) is 30.1. The molecule has 4 fully saturated rings. The molecule has 4 aromatic carbocycles. The number of anilines is 3. The van der Waals surface area contributed by atoms with E-state index in [9.17, 15) is 28.7 Å². The Morgan fingerprint density at radius 1 is 0.750 bits per heavy atom. The summed E-state index contributed by atoms with van der Waals surface area (Å²) >= 11 is 15.0. The lowest BCUT2D eigenvalue weighted by molar-refractivity contribution is -0.125. The molecule has 9 nitrogen and oxygen atoms in total. The Morgan fingerprint density at radius 2 is 1.40 bits per heavy atom. The lowest BCUT2D eigenvalue weighted by Gasteiger charge is -2.50. The summed E-state index contributed by atoms with van der Waals surface area (Å²) < 4.78 is 19.4. The molecule has 0 radical (unpaired) electrons. The largest absolute Gasteiger partial charge is 0.507 e. The van der Waals surface area contributed by atoms with Crippen LogP contribution in [0, 0.1) is 23.6 Å². The van der Waals surface area contributed by atoms with E-state index in [4.69, 9.17) is 27.9 Å². The predicted molar refractivity (Wildman–Crippen MR) is 194 cm³/mol. The number of carbonyl (C=O) groups excluding carboxylic acids is 4. The zero-order chi connectivity index (χ0) is 36.1. The number of hydrogen-bond acceptors (Lipinski definition) is 7. The van der Waals surface area contributed by atoms with Crippen molar-refractivity contribution >= 4 is 74.7 Å². The number of rotatable bonds is 4. The molecular weight excluding hydrogens is 708 g/mol. The molecule has 3 heterocycles. The third-order valence-electron chi connectivity index (χ3n) is 11.6. The highest BCUT2D eigenvalue weighted by atomic mass is 35.5. The number of halogens is 3. The molecule has 1 saturated carbocycles. The number of phenols is 1. The van der Waals surface area contributed by atoms with Crippen LogP contribution in [0.25, 0.3) is 10.8 Å². The number of benzene rings is 4. The van der Waals surface area contributed by atoms with E-state index >= 15 is 0 Å². The van der Waals surface area contributed by atoms with Crippen LogP contribution < -0.4 is 14.7 Å². The van der Waals surface area contributed by atoms with Crippen molar-refractivity contribution in [3.8, 4) is 5.75 Å². The van der Waals surface area contributed by atoms with Crippen LogP contribution in [0.5, 0.6) is 5.75 Å². The number of allylic oxidation sites excluding steroid dienone is 2. The lowest BCUT2D eigenvalue weighted by atomic mass is 9.56. The first-order valence-electron chi connectivity index (χ1n) is 17.3. The maximum Gasteiger partial charge on any atom is 0.258 e. The summed E-state index contributed by atoms with van der Waals surface area (Å²) in [5.41, 5.74) is 2.30. The molecule has 1 N–H and O–H groups in total. The van der Waals surface area contributed by atoms with Crippen molar-refractivity contribution in [1.82, 2.24) is 0 Å². The van der Waals surface area contributed by atoms with E-state index in [1.54, 1.807) is 36.4 Å². The molecule has 9 rings (SSSR count). The average Bonchev–Trinajstić information content (AvgIpc) is 3.50. The van der Waals surface area contributed by atoms with E-state index in [-0.39, 0.29) is 35.7 Å². The van der Waals surface area contributed by atoms with E-state index < -0.39 is 57.0 Å². The number of nitrogens with zero attached hydrogens (tertiary/aromatic N) is 3. The van der Waals surface area contributed by atoms with Gasteiger partial charge in [0.1, 0.15) is 11.6 Å². The molecule has 0 spiro atoms. The van der Waals surface area contributed by atoms with Gasteiger partial charge in [0.2, 0.25) is 11.8 Å². The minimum absolute atomic E-state index is 0.0842. The van der Waals surface area contributed by atoms with Gasteiger partial charge in [-0.15, -0.1) is 23.2 Å². The van der Waals surface area contributed by atoms with Crippen molar-refractivity contribution in [3.05, 3.63) is 108 Å². The first kappa shape index (κ1) is 33.1. The zero-order valence-corrected chi connectivity index (χ0v) is 29.2. The number of phenolic OH excluding ortho intramolecular Hbond substituents is 1. The predicted octanol–water partition coefficient (Wildman–Crippen LogP) is 6.29. The molecule has 6 unspecified atom stereocenters. The lowest BCUT2D eigenvalue weighted by Crippen LogP contribution is -2.60. The summed E-state index contributed by atoms with van der Waals surface area (Å²) in [7, 11) is 0. The molecule has 2 aliphatic carbocycles. The van der Waals surface area contributed by atoms with Crippen molar-refractivity contribution in [1.29, 1.82) is 0 Å². The zero-order valence-electron chi connectivity index (χ0n) is 27.7. The first-order chi connectivity index (χ1) is 25.0. The van der Waals surface area contributed by atoms with Gasteiger partial charge in [0.25, 0.3) is 11.8 Å². The van der Waals surface area contributed by atoms with Gasteiger partial charge < -0.3 is 14.7 Å². The van der Waals surface area contributed by atoms with Gasteiger partial charge in [-0.25, -0.2) is 9.29 Å². The molecule has 0 bridgehead atoms. The van der Waals surface area contributed by atoms with Gasteiger partial charge in [0, 0.05) is 35.6 Å². The molecule has 4 amide bonds. The summed E-state index contributed by atoms with van der Waals surface area (Å²) in [5.74, 6) is -6.72. The molecule has 3 saturated heterocycles. The standard InChI is InChI=1S/C40H32Cl2FN3O6/c41-39-21-31-28(15-16-29-32(31)36(49)45(35(29)48)25-12-10-24(11-13-25)44-17-19-52-20-18-44)33(30-14-5-22-3-1-2-4-27(22)34(30)47)40(39,42)38(51)46(37(39)50)26-8-6-23(43)7-9-26/h1-15,29,31-33,47H,16-21H2. The fourth-order valence-corrected chi connectivity index (χ4v) is 10.1.